The van der Waals surface area contributed by atoms with Crippen molar-refractivity contribution in [3.8, 4) is 0 Å². The first-order chi connectivity index (χ1) is 6.58. The van der Waals surface area contributed by atoms with Crippen molar-refractivity contribution >= 4 is 21.6 Å². The first-order valence-electron chi connectivity index (χ1n) is 4.60. The SMILES string of the molecule is CC1=NC(C)Cc2cc(Br)cc(F)c21. The molecule has 0 aromatic heterocycles. The van der Waals surface area contributed by atoms with Gasteiger partial charge in [0.25, 0.3) is 0 Å². The molecule has 1 aliphatic heterocycles. The predicted molar refractivity (Wildman–Crippen MR) is 59.5 cm³/mol. The van der Waals surface area contributed by atoms with Crippen LogP contribution in [0.25, 0.3) is 0 Å². The highest BCUT2D eigenvalue weighted by Gasteiger charge is 2.19. The van der Waals surface area contributed by atoms with Crippen LogP contribution in [0, 0.1) is 5.82 Å². The molecule has 1 aliphatic rings. The van der Waals surface area contributed by atoms with Crippen molar-refractivity contribution in [3.05, 3.63) is 33.5 Å². The molecular formula is C11H11BrFN. The third kappa shape index (κ3) is 1.61. The zero-order valence-corrected chi connectivity index (χ0v) is 9.73. The Morgan fingerprint density at radius 2 is 2.21 bits per heavy atom. The van der Waals surface area contributed by atoms with E-state index >= 15 is 0 Å². The minimum absolute atomic E-state index is 0.178. The number of hydrogen-bond acceptors (Lipinski definition) is 1. The molecule has 74 valence electrons. The van der Waals surface area contributed by atoms with Gasteiger partial charge in [0.05, 0.1) is 6.04 Å². The van der Waals surface area contributed by atoms with Crippen LogP contribution in [0.3, 0.4) is 0 Å². The fourth-order valence-corrected chi connectivity index (χ4v) is 2.43. The van der Waals surface area contributed by atoms with E-state index in [4.69, 9.17) is 0 Å². The summed E-state index contributed by atoms with van der Waals surface area (Å²) >= 11 is 3.30. The normalized spacial score (nSPS) is 20.3. The van der Waals surface area contributed by atoms with Gasteiger partial charge in [0.2, 0.25) is 0 Å². The molecule has 0 N–H and O–H groups in total. The highest BCUT2D eigenvalue weighted by molar-refractivity contribution is 9.10. The summed E-state index contributed by atoms with van der Waals surface area (Å²) in [7, 11) is 0. The van der Waals surface area contributed by atoms with Gasteiger partial charge in [0.15, 0.2) is 0 Å². The monoisotopic (exact) mass is 255 g/mol. The second-order valence-electron chi connectivity index (χ2n) is 3.69. The van der Waals surface area contributed by atoms with Crippen LogP contribution in [0.15, 0.2) is 21.6 Å². The molecule has 0 saturated carbocycles. The van der Waals surface area contributed by atoms with Gasteiger partial charge in [-0.05, 0) is 38.0 Å². The molecule has 1 atom stereocenters. The molecule has 1 aromatic rings. The molecule has 1 unspecified atom stereocenters. The quantitative estimate of drug-likeness (QED) is 0.675. The summed E-state index contributed by atoms with van der Waals surface area (Å²) in [5.74, 6) is -0.178. The summed E-state index contributed by atoms with van der Waals surface area (Å²) in [6, 6.07) is 3.73. The van der Waals surface area contributed by atoms with E-state index in [1.807, 2.05) is 19.9 Å². The van der Waals surface area contributed by atoms with Gasteiger partial charge in [-0.2, -0.15) is 0 Å². The molecule has 0 spiro atoms. The molecule has 0 aliphatic carbocycles. The summed E-state index contributed by atoms with van der Waals surface area (Å²) in [5.41, 5.74) is 2.55. The molecular weight excluding hydrogens is 245 g/mol. The van der Waals surface area contributed by atoms with Gasteiger partial charge in [-0.15, -0.1) is 0 Å². The Bertz CT molecular complexity index is 412. The van der Waals surface area contributed by atoms with Crippen LogP contribution < -0.4 is 0 Å². The molecule has 3 heteroatoms. The Balaban J connectivity index is 2.63. The summed E-state index contributed by atoms with van der Waals surface area (Å²) in [6.07, 6.45) is 0.822. The van der Waals surface area contributed by atoms with Crippen molar-refractivity contribution in [2.24, 2.45) is 4.99 Å². The van der Waals surface area contributed by atoms with Gasteiger partial charge in [-0.25, -0.2) is 4.39 Å². The second kappa shape index (κ2) is 3.46. The molecule has 0 fully saturated rings. The molecule has 0 saturated heterocycles. The van der Waals surface area contributed by atoms with Crippen molar-refractivity contribution in [2.45, 2.75) is 26.3 Å². The van der Waals surface area contributed by atoms with Crippen LogP contribution in [0.2, 0.25) is 0 Å². The van der Waals surface area contributed by atoms with Gasteiger partial charge < -0.3 is 0 Å². The lowest BCUT2D eigenvalue weighted by molar-refractivity contribution is 0.614. The maximum Gasteiger partial charge on any atom is 0.133 e. The van der Waals surface area contributed by atoms with E-state index < -0.39 is 0 Å². The molecule has 1 nitrogen and oxygen atoms in total. The van der Waals surface area contributed by atoms with E-state index in [0.717, 1.165) is 22.2 Å². The predicted octanol–water partition coefficient (Wildman–Crippen LogP) is 3.34. The summed E-state index contributed by atoms with van der Waals surface area (Å²) in [5, 5.41) is 0. The fraction of sp³-hybridized carbons (Fsp3) is 0.364. The Hall–Kier alpha value is -0.700. The molecule has 14 heavy (non-hydrogen) atoms. The average molecular weight is 256 g/mol. The Morgan fingerprint density at radius 3 is 2.93 bits per heavy atom. The van der Waals surface area contributed by atoms with Crippen LogP contribution >= 0.6 is 15.9 Å². The van der Waals surface area contributed by atoms with Crippen LogP contribution in [-0.2, 0) is 6.42 Å². The molecule has 1 heterocycles. The molecule has 0 amide bonds. The minimum atomic E-state index is -0.178. The van der Waals surface area contributed by atoms with Crippen LogP contribution in [0.5, 0.6) is 0 Å². The minimum Gasteiger partial charge on any atom is -0.286 e. The number of fused-ring (bicyclic) bond motifs is 1. The zero-order valence-electron chi connectivity index (χ0n) is 8.14. The van der Waals surface area contributed by atoms with Gasteiger partial charge in [-0.1, -0.05) is 15.9 Å². The lowest BCUT2D eigenvalue weighted by Crippen LogP contribution is -2.18. The second-order valence-corrected chi connectivity index (χ2v) is 4.61. The van der Waals surface area contributed by atoms with Gasteiger partial charge in [0, 0.05) is 15.7 Å². The maximum absolute atomic E-state index is 13.6. The summed E-state index contributed by atoms with van der Waals surface area (Å²) in [4.78, 5) is 4.38. The molecule has 1 aromatic carbocycles. The van der Waals surface area contributed by atoms with Crippen molar-refractivity contribution in [1.29, 1.82) is 0 Å². The van der Waals surface area contributed by atoms with Gasteiger partial charge in [0.1, 0.15) is 5.82 Å². The highest BCUT2D eigenvalue weighted by atomic mass is 79.9. The summed E-state index contributed by atoms with van der Waals surface area (Å²) < 4.78 is 14.4. The largest absolute Gasteiger partial charge is 0.286 e. The van der Waals surface area contributed by atoms with E-state index in [-0.39, 0.29) is 11.9 Å². The Labute approximate surface area is 91.2 Å². The van der Waals surface area contributed by atoms with E-state index in [1.165, 1.54) is 6.07 Å². The van der Waals surface area contributed by atoms with Crippen molar-refractivity contribution in [3.63, 3.8) is 0 Å². The summed E-state index contributed by atoms with van der Waals surface area (Å²) in [6.45, 7) is 3.91. The van der Waals surface area contributed by atoms with E-state index in [9.17, 15) is 4.39 Å². The van der Waals surface area contributed by atoms with E-state index in [1.54, 1.807) is 0 Å². The number of rotatable bonds is 0. The Kier molecular flexibility index (Phi) is 2.43. The Morgan fingerprint density at radius 1 is 1.50 bits per heavy atom. The zero-order chi connectivity index (χ0) is 10.3. The standard InChI is InChI=1S/C11H11BrFN/c1-6-3-8-4-9(12)5-10(13)11(8)7(2)14-6/h4-6H,3H2,1-2H3. The smallest absolute Gasteiger partial charge is 0.133 e. The van der Waals surface area contributed by atoms with E-state index in [2.05, 4.69) is 20.9 Å². The fourth-order valence-electron chi connectivity index (χ4n) is 1.95. The average Bonchev–Trinajstić information content (AvgIpc) is 1.99. The van der Waals surface area contributed by atoms with Crippen molar-refractivity contribution in [1.82, 2.24) is 0 Å². The number of aliphatic imine (C=N–C) groups is 1. The molecule has 0 bridgehead atoms. The third-order valence-corrected chi connectivity index (χ3v) is 2.89. The topological polar surface area (TPSA) is 12.4 Å². The number of nitrogens with zero attached hydrogens (tertiary/aromatic N) is 1. The first-order valence-corrected chi connectivity index (χ1v) is 5.40. The van der Waals surface area contributed by atoms with Crippen molar-refractivity contribution in [2.75, 3.05) is 0 Å². The van der Waals surface area contributed by atoms with Crippen LogP contribution in [-0.4, -0.2) is 11.8 Å². The highest BCUT2D eigenvalue weighted by Crippen LogP contribution is 2.26. The maximum atomic E-state index is 13.6. The molecule has 0 radical (unpaired) electrons. The van der Waals surface area contributed by atoms with Crippen LogP contribution in [0.1, 0.15) is 25.0 Å². The van der Waals surface area contributed by atoms with Crippen molar-refractivity contribution < 1.29 is 4.39 Å². The third-order valence-electron chi connectivity index (χ3n) is 2.43. The van der Waals surface area contributed by atoms with Gasteiger partial charge in [-0.3, -0.25) is 4.99 Å². The number of benzene rings is 1. The molecule has 2 rings (SSSR count). The number of hydrogen-bond donors (Lipinski definition) is 0. The first kappa shape index (κ1) is 9.84. The van der Waals surface area contributed by atoms with E-state index in [0.29, 0.717) is 5.56 Å². The van der Waals surface area contributed by atoms with Crippen LogP contribution in [0.4, 0.5) is 4.39 Å². The lowest BCUT2D eigenvalue weighted by Gasteiger charge is -2.19. The lowest BCUT2D eigenvalue weighted by atomic mass is 9.94. The van der Waals surface area contributed by atoms with Gasteiger partial charge >= 0.3 is 0 Å². The number of halogens is 2.